The van der Waals surface area contributed by atoms with Gasteiger partial charge in [0, 0.05) is 18.8 Å². The first-order valence-electron chi connectivity index (χ1n) is 6.39. The van der Waals surface area contributed by atoms with Crippen LogP contribution in [-0.4, -0.2) is 36.4 Å². The fraction of sp³-hybridized carbons (Fsp3) is 0.500. The van der Waals surface area contributed by atoms with E-state index < -0.39 is 12.1 Å². The Labute approximate surface area is 107 Å². The van der Waals surface area contributed by atoms with E-state index in [1.165, 1.54) is 0 Å². The van der Waals surface area contributed by atoms with Crippen LogP contribution in [0.15, 0.2) is 30.3 Å². The molecule has 2 atom stereocenters. The van der Waals surface area contributed by atoms with Gasteiger partial charge in [-0.1, -0.05) is 18.2 Å². The van der Waals surface area contributed by atoms with E-state index in [2.05, 4.69) is 24.0 Å². The summed E-state index contributed by atoms with van der Waals surface area (Å²) in [6.45, 7) is 3.74. The first-order chi connectivity index (χ1) is 8.70. The van der Waals surface area contributed by atoms with Gasteiger partial charge in [-0.3, -0.25) is 0 Å². The minimum absolute atomic E-state index is 0.0197. The van der Waals surface area contributed by atoms with E-state index >= 15 is 0 Å². The van der Waals surface area contributed by atoms with Crippen molar-refractivity contribution in [1.29, 1.82) is 0 Å². The van der Waals surface area contributed by atoms with E-state index in [-0.39, 0.29) is 6.10 Å². The molecule has 2 unspecified atom stereocenters. The molecule has 0 aliphatic carbocycles. The van der Waals surface area contributed by atoms with E-state index in [9.17, 15) is 4.79 Å². The molecular weight excluding hydrogens is 230 g/mol. The lowest BCUT2D eigenvalue weighted by atomic mass is 10.2. The summed E-state index contributed by atoms with van der Waals surface area (Å²) in [7, 11) is 0. The van der Waals surface area contributed by atoms with Crippen LogP contribution in [0.2, 0.25) is 0 Å². The van der Waals surface area contributed by atoms with E-state index in [1.807, 2.05) is 18.2 Å². The van der Waals surface area contributed by atoms with Gasteiger partial charge in [-0.25, -0.2) is 4.79 Å². The van der Waals surface area contributed by atoms with Gasteiger partial charge in [-0.05, 0) is 31.9 Å². The van der Waals surface area contributed by atoms with Gasteiger partial charge in [0.05, 0.1) is 6.10 Å². The van der Waals surface area contributed by atoms with Gasteiger partial charge in [0.15, 0.2) is 6.10 Å². The number of aliphatic carboxylic acids is 1. The molecule has 0 bridgehead atoms. The topological polar surface area (TPSA) is 49.8 Å². The first kappa shape index (κ1) is 12.9. The maximum atomic E-state index is 10.8. The lowest BCUT2D eigenvalue weighted by Gasteiger charge is -2.26. The van der Waals surface area contributed by atoms with Gasteiger partial charge in [0.2, 0.25) is 0 Å². The fourth-order valence-electron chi connectivity index (χ4n) is 2.32. The zero-order valence-corrected chi connectivity index (χ0v) is 10.6. The third kappa shape index (κ3) is 3.01. The summed E-state index contributed by atoms with van der Waals surface area (Å²) in [6.07, 6.45) is 0.836. The first-order valence-corrected chi connectivity index (χ1v) is 6.39. The number of para-hydroxylation sites is 1. The number of carboxylic acid groups (broad SMARTS) is 1. The van der Waals surface area contributed by atoms with E-state index in [0.29, 0.717) is 6.42 Å². The lowest BCUT2D eigenvalue weighted by molar-refractivity contribution is -0.149. The molecule has 1 saturated heterocycles. The molecule has 4 nitrogen and oxygen atoms in total. The van der Waals surface area contributed by atoms with Crippen molar-refractivity contribution in [2.45, 2.75) is 32.0 Å². The average Bonchev–Trinajstić information content (AvgIpc) is 2.86. The zero-order chi connectivity index (χ0) is 13.0. The molecule has 1 aliphatic heterocycles. The molecule has 4 heteroatoms. The molecule has 2 rings (SSSR count). The molecule has 0 radical (unpaired) electrons. The summed E-state index contributed by atoms with van der Waals surface area (Å²) < 4.78 is 5.54. The quantitative estimate of drug-likeness (QED) is 0.868. The molecule has 0 spiro atoms. The third-order valence-corrected chi connectivity index (χ3v) is 3.31. The Bertz CT molecular complexity index is 393. The van der Waals surface area contributed by atoms with Gasteiger partial charge in [-0.2, -0.15) is 0 Å². The number of nitrogens with zero attached hydrogens (tertiary/aromatic N) is 1. The molecule has 0 aromatic heterocycles. The highest BCUT2D eigenvalue weighted by molar-refractivity contribution is 5.72. The average molecular weight is 249 g/mol. The third-order valence-electron chi connectivity index (χ3n) is 3.31. The van der Waals surface area contributed by atoms with Crippen molar-refractivity contribution in [3.05, 3.63) is 30.3 Å². The van der Waals surface area contributed by atoms with E-state index in [1.54, 1.807) is 0 Å². The van der Waals surface area contributed by atoms with Crippen LogP contribution in [-0.2, 0) is 9.53 Å². The highest BCUT2D eigenvalue weighted by Crippen LogP contribution is 2.23. The number of anilines is 1. The molecule has 1 aromatic carbocycles. The maximum Gasteiger partial charge on any atom is 0.332 e. The van der Waals surface area contributed by atoms with Crippen molar-refractivity contribution < 1.29 is 14.6 Å². The van der Waals surface area contributed by atoms with Gasteiger partial charge >= 0.3 is 5.97 Å². The zero-order valence-electron chi connectivity index (χ0n) is 10.6. The highest BCUT2D eigenvalue weighted by atomic mass is 16.5. The van der Waals surface area contributed by atoms with E-state index in [0.717, 1.165) is 25.2 Å². The summed E-state index contributed by atoms with van der Waals surface area (Å²) in [5.74, 6) is -0.847. The number of likely N-dealkylation sites (N-methyl/N-ethyl adjacent to an activating group) is 1. The second-order valence-corrected chi connectivity index (χ2v) is 4.54. The van der Waals surface area contributed by atoms with Crippen molar-refractivity contribution in [3.63, 3.8) is 0 Å². The molecule has 1 heterocycles. The van der Waals surface area contributed by atoms with Gasteiger partial charge in [0.25, 0.3) is 0 Å². The van der Waals surface area contributed by atoms with Crippen LogP contribution >= 0.6 is 0 Å². The molecule has 0 amide bonds. The molecule has 1 fully saturated rings. The Kier molecular flexibility index (Phi) is 4.20. The SMILES string of the molecule is CCN(CC1CCC(C(=O)O)O1)c1ccccc1. The molecule has 18 heavy (non-hydrogen) atoms. The van der Waals surface area contributed by atoms with Crippen molar-refractivity contribution in [2.24, 2.45) is 0 Å². The number of hydrogen-bond donors (Lipinski definition) is 1. The summed E-state index contributed by atoms with van der Waals surface area (Å²) in [5.41, 5.74) is 1.15. The molecule has 98 valence electrons. The largest absolute Gasteiger partial charge is 0.479 e. The summed E-state index contributed by atoms with van der Waals surface area (Å²) >= 11 is 0. The monoisotopic (exact) mass is 249 g/mol. The minimum atomic E-state index is -0.847. The Morgan fingerprint density at radius 2 is 2.11 bits per heavy atom. The van der Waals surface area contributed by atoms with Crippen LogP contribution in [0.25, 0.3) is 0 Å². The van der Waals surface area contributed by atoms with Crippen LogP contribution in [0.5, 0.6) is 0 Å². The fourth-order valence-corrected chi connectivity index (χ4v) is 2.32. The summed E-state index contributed by atoms with van der Waals surface area (Å²) in [6, 6.07) is 10.1. The summed E-state index contributed by atoms with van der Waals surface area (Å²) in [4.78, 5) is 13.1. The molecule has 0 saturated carbocycles. The van der Waals surface area contributed by atoms with Gasteiger partial charge < -0.3 is 14.7 Å². The Morgan fingerprint density at radius 1 is 1.39 bits per heavy atom. The summed E-state index contributed by atoms with van der Waals surface area (Å²) in [5, 5.41) is 8.90. The molecular formula is C14H19NO3. The number of rotatable bonds is 5. The van der Waals surface area contributed by atoms with Crippen molar-refractivity contribution in [2.75, 3.05) is 18.0 Å². The second-order valence-electron chi connectivity index (χ2n) is 4.54. The predicted octanol–water partition coefficient (Wildman–Crippen LogP) is 2.15. The Hall–Kier alpha value is -1.55. The molecule has 1 aliphatic rings. The minimum Gasteiger partial charge on any atom is -0.479 e. The van der Waals surface area contributed by atoms with E-state index in [4.69, 9.17) is 9.84 Å². The molecule has 1 N–H and O–H groups in total. The predicted molar refractivity (Wildman–Crippen MR) is 69.9 cm³/mol. The number of benzene rings is 1. The Balaban J connectivity index is 1.94. The normalized spacial score (nSPS) is 22.9. The van der Waals surface area contributed by atoms with Gasteiger partial charge in [0.1, 0.15) is 0 Å². The standard InChI is InChI=1S/C14H19NO3/c1-2-15(11-6-4-3-5-7-11)10-12-8-9-13(18-12)14(16)17/h3-7,12-13H,2,8-10H2,1H3,(H,16,17). The van der Waals surface area contributed by atoms with Crippen LogP contribution < -0.4 is 4.90 Å². The van der Waals surface area contributed by atoms with Crippen LogP contribution in [0.1, 0.15) is 19.8 Å². The smallest absolute Gasteiger partial charge is 0.332 e. The van der Waals surface area contributed by atoms with Gasteiger partial charge in [-0.15, -0.1) is 0 Å². The molecule has 1 aromatic rings. The number of hydrogen-bond acceptors (Lipinski definition) is 3. The van der Waals surface area contributed by atoms with Crippen LogP contribution in [0.4, 0.5) is 5.69 Å². The van der Waals surface area contributed by atoms with Crippen molar-refractivity contribution in [1.82, 2.24) is 0 Å². The van der Waals surface area contributed by atoms with Crippen molar-refractivity contribution >= 4 is 11.7 Å². The number of ether oxygens (including phenoxy) is 1. The van der Waals surface area contributed by atoms with Crippen LogP contribution in [0, 0.1) is 0 Å². The Morgan fingerprint density at radius 3 is 2.67 bits per heavy atom. The lowest BCUT2D eigenvalue weighted by Crippen LogP contribution is -2.33. The second kappa shape index (κ2) is 5.87. The highest BCUT2D eigenvalue weighted by Gasteiger charge is 2.31. The number of carbonyl (C=O) groups is 1. The van der Waals surface area contributed by atoms with Crippen molar-refractivity contribution in [3.8, 4) is 0 Å². The van der Waals surface area contributed by atoms with Crippen LogP contribution in [0.3, 0.4) is 0 Å². The number of carboxylic acids is 1. The maximum absolute atomic E-state index is 10.8.